The number of nitrogens with zero attached hydrogens (tertiary/aromatic N) is 4. The van der Waals surface area contributed by atoms with Crippen molar-refractivity contribution >= 4 is 43.8 Å². The maximum Gasteiger partial charge on any atom is 0.227 e. The predicted molar refractivity (Wildman–Crippen MR) is 191 cm³/mol. The Bertz CT molecular complexity index is 2700. The Morgan fingerprint density at radius 2 is 0.896 bits per heavy atom. The second-order valence-corrected chi connectivity index (χ2v) is 11.9. The van der Waals surface area contributed by atoms with Crippen LogP contribution in [-0.2, 0) is 0 Å². The molecular formula is C42H24N4O2. The standard InChI is InChI=1S/C42H24N4O2/c1-4-11-26(12-5-1)39-44-40(27-13-6-2-7-14-27)46-41(45-39)28-21-19-25(20-22-28)30-23-32-36-34(24-30)47-33-18-10-17-31(35(33)36)38-37(32)43-42(48-38)29-15-8-3-9-16-29/h1-24H. The molecule has 0 radical (unpaired) electrons. The molecule has 3 heterocycles. The summed E-state index contributed by atoms with van der Waals surface area (Å²) in [7, 11) is 0. The highest BCUT2D eigenvalue weighted by Gasteiger charge is 2.22. The molecule has 0 aliphatic rings. The lowest BCUT2D eigenvalue weighted by atomic mass is 9.96. The minimum absolute atomic E-state index is 0.602. The molecule has 224 valence electrons. The van der Waals surface area contributed by atoms with E-state index in [0.29, 0.717) is 23.4 Å². The third-order valence-corrected chi connectivity index (χ3v) is 8.92. The molecule has 0 saturated carbocycles. The van der Waals surface area contributed by atoms with Gasteiger partial charge in [-0.1, -0.05) is 115 Å². The third-order valence-electron chi connectivity index (χ3n) is 8.92. The molecule has 3 aromatic heterocycles. The normalized spacial score (nSPS) is 11.8. The lowest BCUT2D eigenvalue weighted by Crippen LogP contribution is -2.00. The number of fused-ring (bicyclic) bond motifs is 3. The van der Waals surface area contributed by atoms with Crippen molar-refractivity contribution in [2.24, 2.45) is 0 Å². The zero-order chi connectivity index (χ0) is 31.6. The second kappa shape index (κ2) is 10.4. The van der Waals surface area contributed by atoms with Crippen LogP contribution in [0.3, 0.4) is 0 Å². The molecule has 0 spiro atoms. The fraction of sp³-hybridized carbons (Fsp3) is 0. The monoisotopic (exact) mass is 616 g/mol. The molecule has 6 heteroatoms. The molecule has 0 amide bonds. The van der Waals surface area contributed by atoms with Gasteiger partial charge in [-0.3, -0.25) is 0 Å². The van der Waals surface area contributed by atoms with Gasteiger partial charge in [-0.15, -0.1) is 0 Å². The molecule has 0 unspecified atom stereocenters. The quantitative estimate of drug-likeness (QED) is 0.179. The van der Waals surface area contributed by atoms with Crippen LogP contribution in [0.5, 0.6) is 0 Å². The van der Waals surface area contributed by atoms with Gasteiger partial charge in [-0.2, -0.15) is 0 Å². The van der Waals surface area contributed by atoms with Crippen LogP contribution in [0.15, 0.2) is 154 Å². The molecule has 0 fully saturated rings. The Labute approximate surface area is 274 Å². The van der Waals surface area contributed by atoms with Gasteiger partial charge in [0.2, 0.25) is 5.89 Å². The first kappa shape index (κ1) is 26.5. The molecular weight excluding hydrogens is 592 g/mol. The van der Waals surface area contributed by atoms with E-state index in [4.69, 9.17) is 28.8 Å². The molecule has 0 saturated heterocycles. The molecule has 7 aromatic carbocycles. The average molecular weight is 617 g/mol. The number of rotatable bonds is 5. The van der Waals surface area contributed by atoms with Gasteiger partial charge in [0.1, 0.15) is 16.7 Å². The zero-order valence-electron chi connectivity index (χ0n) is 25.5. The summed E-state index contributed by atoms with van der Waals surface area (Å²) < 4.78 is 12.9. The van der Waals surface area contributed by atoms with Crippen LogP contribution in [-0.4, -0.2) is 19.9 Å². The maximum atomic E-state index is 6.46. The van der Waals surface area contributed by atoms with Crippen molar-refractivity contribution in [2.75, 3.05) is 0 Å². The minimum atomic E-state index is 0.602. The smallest absolute Gasteiger partial charge is 0.227 e. The summed E-state index contributed by atoms with van der Waals surface area (Å²) in [5.74, 6) is 2.49. The lowest BCUT2D eigenvalue weighted by Gasteiger charge is -2.09. The van der Waals surface area contributed by atoms with E-state index in [-0.39, 0.29) is 0 Å². The van der Waals surface area contributed by atoms with Crippen LogP contribution >= 0.6 is 0 Å². The van der Waals surface area contributed by atoms with Gasteiger partial charge in [-0.05, 0) is 41.5 Å². The van der Waals surface area contributed by atoms with Crippen LogP contribution in [0.4, 0.5) is 0 Å². The molecule has 0 atom stereocenters. The van der Waals surface area contributed by atoms with Crippen LogP contribution in [0, 0.1) is 0 Å². The van der Waals surface area contributed by atoms with Gasteiger partial charge in [0.25, 0.3) is 0 Å². The van der Waals surface area contributed by atoms with Crippen LogP contribution in [0.1, 0.15) is 0 Å². The summed E-state index contributed by atoms with van der Waals surface area (Å²) >= 11 is 0. The van der Waals surface area contributed by atoms with Gasteiger partial charge < -0.3 is 8.83 Å². The van der Waals surface area contributed by atoms with E-state index in [2.05, 4.69) is 42.5 Å². The molecule has 10 aromatic rings. The third kappa shape index (κ3) is 4.20. The maximum absolute atomic E-state index is 6.46. The first-order chi connectivity index (χ1) is 23.8. The topological polar surface area (TPSA) is 77.8 Å². The molecule has 10 rings (SSSR count). The highest BCUT2D eigenvalue weighted by atomic mass is 16.3. The van der Waals surface area contributed by atoms with Crippen molar-refractivity contribution in [3.63, 3.8) is 0 Å². The Morgan fingerprint density at radius 3 is 1.52 bits per heavy atom. The molecule has 0 N–H and O–H groups in total. The Hall–Kier alpha value is -6.66. The van der Waals surface area contributed by atoms with Gasteiger partial charge in [0.15, 0.2) is 23.1 Å². The summed E-state index contributed by atoms with van der Waals surface area (Å²) in [6, 6.07) is 48.8. The van der Waals surface area contributed by atoms with Gasteiger partial charge in [0, 0.05) is 43.8 Å². The number of aromatic nitrogens is 4. The van der Waals surface area contributed by atoms with Gasteiger partial charge in [-0.25, -0.2) is 19.9 Å². The van der Waals surface area contributed by atoms with E-state index >= 15 is 0 Å². The Balaban J connectivity index is 1.12. The minimum Gasteiger partial charge on any atom is -0.456 e. The number of furan rings is 1. The highest BCUT2D eigenvalue weighted by molar-refractivity contribution is 6.31. The first-order valence-electron chi connectivity index (χ1n) is 15.8. The summed E-state index contributed by atoms with van der Waals surface area (Å²) in [5, 5.41) is 4.13. The molecule has 0 aliphatic heterocycles. The van der Waals surface area contributed by atoms with Crippen molar-refractivity contribution in [2.45, 2.75) is 0 Å². The number of benzene rings is 7. The lowest BCUT2D eigenvalue weighted by molar-refractivity contribution is 0.623. The molecule has 0 aliphatic carbocycles. The zero-order valence-corrected chi connectivity index (χ0v) is 25.5. The molecule has 6 nitrogen and oxygen atoms in total. The van der Waals surface area contributed by atoms with Crippen molar-refractivity contribution < 1.29 is 8.83 Å². The Morgan fingerprint density at radius 1 is 0.354 bits per heavy atom. The van der Waals surface area contributed by atoms with E-state index in [9.17, 15) is 0 Å². The molecule has 0 bridgehead atoms. The van der Waals surface area contributed by atoms with Crippen LogP contribution in [0.25, 0.3) is 101 Å². The van der Waals surface area contributed by atoms with E-state index in [1.165, 1.54) is 0 Å². The average Bonchev–Trinajstić information content (AvgIpc) is 3.79. The second-order valence-electron chi connectivity index (χ2n) is 11.9. The number of oxazole rings is 1. The van der Waals surface area contributed by atoms with Crippen LogP contribution < -0.4 is 0 Å². The van der Waals surface area contributed by atoms with Crippen molar-refractivity contribution in [1.82, 2.24) is 19.9 Å². The highest BCUT2D eigenvalue weighted by Crippen LogP contribution is 2.45. The van der Waals surface area contributed by atoms with Crippen molar-refractivity contribution in [3.8, 4) is 56.7 Å². The summed E-state index contributed by atoms with van der Waals surface area (Å²) in [6.45, 7) is 0. The largest absolute Gasteiger partial charge is 0.456 e. The summed E-state index contributed by atoms with van der Waals surface area (Å²) in [5.41, 5.74) is 9.02. The SMILES string of the molecule is c1ccc(-c2nc(-c3ccccc3)nc(-c3ccc(-c4cc5oc6cccc7c8oc(-c9ccccc9)nc8c(c4)c5c67)cc3)n2)cc1. The summed E-state index contributed by atoms with van der Waals surface area (Å²) in [4.78, 5) is 19.7. The predicted octanol–water partition coefficient (Wildman–Crippen LogP) is 10.8. The van der Waals surface area contributed by atoms with E-state index in [1.54, 1.807) is 0 Å². The van der Waals surface area contributed by atoms with E-state index < -0.39 is 0 Å². The van der Waals surface area contributed by atoms with E-state index in [0.717, 1.165) is 77.2 Å². The fourth-order valence-corrected chi connectivity index (χ4v) is 6.63. The Kier molecular flexibility index (Phi) is 5.77. The van der Waals surface area contributed by atoms with E-state index in [1.807, 2.05) is 103 Å². The van der Waals surface area contributed by atoms with Crippen molar-refractivity contribution in [3.05, 3.63) is 146 Å². The van der Waals surface area contributed by atoms with Gasteiger partial charge in [0.05, 0.1) is 0 Å². The van der Waals surface area contributed by atoms with Crippen LogP contribution in [0.2, 0.25) is 0 Å². The summed E-state index contributed by atoms with van der Waals surface area (Å²) in [6.07, 6.45) is 0. The molecule has 48 heavy (non-hydrogen) atoms. The number of hydrogen-bond donors (Lipinski definition) is 0. The fourth-order valence-electron chi connectivity index (χ4n) is 6.63. The first-order valence-corrected chi connectivity index (χ1v) is 15.8. The van der Waals surface area contributed by atoms with Crippen molar-refractivity contribution in [1.29, 1.82) is 0 Å². The number of hydrogen-bond acceptors (Lipinski definition) is 6. The van der Waals surface area contributed by atoms with Gasteiger partial charge >= 0.3 is 0 Å².